The average molecular weight is 304 g/mol. The van der Waals surface area contributed by atoms with Gasteiger partial charge in [0.2, 0.25) is 0 Å². The van der Waals surface area contributed by atoms with E-state index < -0.39 is 0 Å². The van der Waals surface area contributed by atoms with E-state index >= 15 is 0 Å². The second-order valence-electron chi connectivity index (χ2n) is 4.90. The van der Waals surface area contributed by atoms with Crippen LogP contribution in [0, 0.1) is 0 Å². The lowest BCUT2D eigenvalue weighted by atomic mass is 10.1. The van der Waals surface area contributed by atoms with Crippen molar-refractivity contribution < 1.29 is 19.1 Å². The Hall–Kier alpha value is -2.10. The smallest absolute Gasteiger partial charge is 0.338 e. The molecule has 4 nitrogen and oxygen atoms in total. The highest BCUT2D eigenvalue weighted by molar-refractivity contribution is 5.90. The lowest BCUT2D eigenvalue weighted by Gasteiger charge is -2.05. The maximum atomic E-state index is 11.8. The van der Waals surface area contributed by atoms with Crippen LogP contribution in [0.2, 0.25) is 0 Å². The van der Waals surface area contributed by atoms with Crippen LogP contribution in [-0.4, -0.2) is 25.2 Å². The van der Waals surface area contributed by atoms with Gasteiger partial charge in [-0.25, -0.2) is 9.59 Å². The quantitative estimate of drug-likeness (QED) is 0.393. The Morgan fingerprint density at radius 3 is 2.36 bits per heavy atom. The molecule has 0 N–H and O–H groups in total. The summed E-state index contributed by atoms with van der Waals surface area (Å²) in [4.78, 5) is 23.0. The number of esters is 2. The van der Waals surface area contributed by atoms with Crippen LogP contribution in [-0.2, 0) is 14.3 Å². The van der Waals surface area contributed by atoms with E-state index in [-0.39, 0.29) is 11.9 Å². The summed E-state index contributed by atoms with van der Waals surface area (Å²) in [5.41, 5.74) is 1.34. The van der Waals surface area contributed by atoms with Crippen molar-refractivity contribution in [2.24, 2.45) is 0 Å². The number of carbonyl (C=O) groups is 2. The highest BCUT2D eigenvalue weighted by Gasteiger charge is 2.06. The molecule has 0 aliphatic rings. The minimum absolute atomic E-state index is 0.308. The molecule has 0 saturated heterocycles. The van der Waals surface area contributed by atoms with E-state index in [0.717, 1.165) is 24.8 Å². The Bertz CT molecular complexity index is 488. The Morgan fingerprint density at radius 2 is 1.73 bits per heavy atom. The van der Waals surface area contributed by atoms with E-state index in [1.54, 1.807) is 37.3 Å². The Labute approximate surface area is 132 Å². The van der Waals surface area contributed by atoms with Crippen molar-refractivity contribution in [2.45, 2.75) is 39.5 Å². The second-order valence-corrected chi connectivity index (χ2v) is 4.90. The van der Waals surface area contributed by atoms with Crippen LogP contribution in [0.1, 0.15) is 55.5 Å². The normalized spacial score (nSPS) is 10.6. The van der Waals surface area contributed by atoms with Gasteiger partial charge in [0.1, 0.15) is 0 Å². The highest BCUT2D eigenvalue weighted by atomic mass is 16.5. The molecule has 0 amide bonds. The van der Waals surface area contributed by atoms with E-state index in [2.05, 4.69) is 6.92 Å². The molecule has 22 heavy (non-hydrogen) atoms. The minimum atomic E-state index is -0.377. The number of hydrogen-bond acceptors (Lipinski definition) is 4. The number of carbonyl (C=O) groups excluding carboxylic acids is 2. The zero-order valence-corrected chi connectivity index (χ0v) is 13.3. The predicted octanol–water partition coefficient (Wildman–Crippen LogP) is 4.00. The lowest BCUT2D eigenvalue weighted by molar-refractivity contribution is -0.137. The van der Waals surface area contributed by atoms with E-state index in [0.29, 0.717) is 18.8 Å². The third-order valence-electron chi connectivity index (χ3n) is 3.08. The largest absolute Gasteiger partial charge is 0.463 e. The zero-order chi connectivity index (χ0) is 16.2. The van der Waals surface area contributed by atoms with Crippen molar-refractivity contribution in [3.63, 3.8) is 0 Å². The van der Waals surface area contributed by atoms with E-state index in [4.69, 9.17) is 9.47 Å². The molecular weight excluding hydrogens is 280 g/mol. The molecule has 0 unspecified atom stereocenters. The molecule has 0 radical (unpaired) electrons. The Kier molecular flexibility index (Phi) is 8.65. The first-order valence-corrected chi connectivity index (χ1v) is 7.79. The zero-order valence-electron chi connectivity index (χ0n) is 13.3. The Balaban J connectivity index is 2.43. The van der Waals surface area contributed by atoms with E-state index in [1.807, 2.05) is 0 Å². The molecule has 1 aromatic carbocycles. The maximum Gasteiger partial charge on any atom is 0.338 e. The van der Waals surface area contributed by atoms with Crippen LogP contribution in [0.3, 0.4) is 0 Å². The van der Waals surface area contributed by atoms with Crippen LogP contribution in [0.4, 0.5) is 0 Å². The van der Waals surface area contributed by atoms with Crippen molar-refractivity contribution in [3.05, 3.63) is 41.5 Å². The summed E-state index contributed by atoms with van der Waals surface area (Å²) in [6, 6.07) is 6.92. The topological polar surface area (TPSA) is 52.6 Å². The molecule has 4 heteroatoms. The molecule has 0 heterocycles. The van der Waals surface area contributed by atoms with Crippen LogP contribution in [0.25, 0.3) is 6.08 Å². The molecule has 0 aromatic heterocycles. The number of hydrogen-bond donors (Lipinski definition) is 0. The van der Waals surface area contributed by atoms with Crippen LogP contribution >= 0.6 is 0 Å². The summed E-state index contributed by atoms with van der Waals surface area (Å²) in [7, 11) is 0. The van der Waals surface area contributed by atoms with E-state index in [9.17, 15) is 9.59 Å². The van der Waals surface area contributed by atoms with Gasteiger partial charge in [-0.15, -0.1) is 0 Å². The van der Waals surface area contributed by atoms with Crippen molar-refractivity contribution in [2.75, 3.05) is 13.2 Å². The van der Waals surface area contributed by atoms with Gasteiger partial charge < -0.3 is 9.47 Å². The molecule has 1 aromatic rings. The molecule has 0 atom stereocenters. The van der Waals surface area contributed by atoms with Crippen LogP contribution in [0.15, 0.2) is 30.3 Å². The predicted molar refractivity (Wildman–Crippen MR) is 86.5 cm³/mol. The fourth-order valence-electron chi connectivity index (χ4n) is 1.86. The third-order valence-corrected chi connectivity index (χ3v) is 3.08. The van der Waals surface area contributed by atoms with Gasteiger partial charge in [-0.3, -0.25) is 0 Å². The van der Waals surface area contributed by atoms with Crippen molar-refractivity contribution in [1.82, 2.24) is 0 Å². The SMILES string of the molecule is CCCCCCOC(=O)c1ccc(/C=C/C(=O)OCC)cc1. The molecule has 0 aliphatic heterocycles. The summed E-state index contributed by atoms with van der Waals surface area (Å²) in [5, 5.41) is 0. The first-order valence-electron chi connectivity index (χ1n) is 7.79. The Morgan fingerprint density at radius 1 is 1.00 bits per heavy atom. The fourth-order valence-corrected chi connectivity index (χ4v) is 1.86. The summed E-state index contributed by atoms with van der Waals surface area (Å²) in [6.07, 6.45) is 7.33. The molecule has 0 aliphatic carbocycles. The van der Waals surface area contributed by atoms with Crippen LogP contribution < -0.4 is 0 Å². The van der Waals surface area contributed by atoms with Gasteiger partial charge in [0.15, 0.2) is 0 Å². The van der Waals surface area contributed by atoms with Gasteiger partial charge in [0, 0.05) is 6.08 Å². The molecule has 0 saturated carbocycles. The average Bonchev–Trinajstić information content (AvgIpc) is 2.53. The van der Waals surface area contributed by atoms with Gasteiger partial charge in [-0.2, -0.15) is 0 Å². The van der Waals surface area contributed by atoms with Crippen molar-refractivity contribution in [3.8, 4) is 0 Å². The van der Waals surface area contributed by atoms with Gasteiger partial charge >= 0.3 is 11.9 Å². The number of ether oxygens (including phenoxy) is 2. The molecule has 0 fully saturated rings. The first-order chi connectivity index (χ1) is 10.7. The van der Waals surface area contributed by atoms with E-state index in [1.165, 1.54) is 12.5 Å². The molecule has 120 valence electrons. The number of benzene rings is 1. The van der Waals surface area contributed by atoms with Gasteiger partial charge in [-0.1, -0.05) is 38.3 Å². The van der Waals surface area contributed by atoms with Crippen molar-refractivity contribution >= 4 is 18.0 Å². The summed E-state index contributed by atoms with van der Waals surface area (Å²) >= 11 is 0. The summed E-state index contributed by atoms with van der Waals surface area (Å²) in [5.74, 6) is -0.685. The fraction of sp³-hybridized carbons (Fsp3) is 0.444. The third kappa shape index (κ3) is 7.07. The van der Waals surface area contributed by atoms with Crippen LogP contribution in [0.5, 0.6) is 0 Å². The summed E-state index contributed by atoms with van der Waals surface area (Å²) in [6.45, 7) is 4.72. The first kappa shape index (κ1) is 18.0. The van der Waals surface area contributed by atoms with Gasteiger partial charge in [-0.05, 0) is 37.1 Å². The van der Waals surface area contributed by atoms with Gasteiger partial charge in [0.05, 0.1) is 18.8 Å². The monoisotopic (exact) mass is 304 g/mol. The lowest BCUT2D eigenvalue weighted by Crippen LogP contribution is -2.06. The minimum Gasteiger partial charge on any atom is -0.463 e. The second kappa shape index (κ2) is 10.6. The highest BCUT2D eigenvalue weighted by Crippen LogP contribution is 2.08. The molecule has 0 spiro atoms. The molecular formula is C18H24O4. The van der Waals surface area contributed by atoms with Gasteiger partial charge in [0.25, 0.3) is 0 Å². The number of unbranched alkanes of at least 4 members (excludes halogenated alkanes) is 3. The standard InChI is InChI=1S/C18H24O4/c1-3-5-6-7-14-22-18(20)16-11-8-15(9-12-16)10-13-17(19)21-4-2/h8-13H,3-7,14H2,1-2H3/b13-10+. The maximum absolute atomic E-state index is 11.8. The summed E-state index contributed by atoms with van der Waals surface area (Å²) < 4.78 is 10.0. The molecule has 1 rings (SSSR count). The molecule has 0 bridgehead atoms. The van der Waals surface area contributed by atoms with Crippen molar-refractivity contribution in [1.29, 1.82) is 0 Å². The number of rotatable bonds is 9.